The summed E-state index contributed by atoms with van der Waals surface area (Å²) in [6, 6.07) is 36.0. The van der Waals surface area contributed by atoms with Gasteiger partial charge in [-0.3, -0.25) is 10.1 Å². The molecule has 0 aliphatic rings. The first-order valence-corrected chi connectivity index (χ1v) is 13.6. The van der Waals surface area contributed by atoms with Crippen molar-refractivity contribution in [1.29, 1.82) is 0 Å². The number of hydrogen-bond acceptors (Lipinski definition) is 6. The van der Waals surface area contributed by atoms with Crippen LogP contribution in [0.1, 0.15) is 16.7 Å². The zero-order valence-corrected chi connectivity index (χ0v) is 23.5. The number of halogens is 2. The number of methoxy groups -OCH3 is 1. The van der Waals surface area contributed by atoms with E-state index in [0.717, 1.165) is 22.8 Å². The lowest BCUT2D eigenvalue weighted by Crippen LogP contribution is -2.39. The highest BCUT2D eigenvalue weighted by molar-refractivity contribution is 6.32. The maximum Gasteiger partial charge on any atom is 0.273 e. The predicted octanol–water partition coefficient (Wildman–Crippen LogP) is 7.56. The van der Waals surface area contributed by atoms with Gasteiger partial charge in [0.2, 0.25) is 5.82 Å². The summed E-state index contributed by atoms with van der Waals surface area (Å²) in [6.45, 7) is 0. The number of rotatable bonds is 8. The Bertz CT molecular complexity index is 1820. The van der Waals surface area contributed by atoms with Crippen molar-refractivity contribution in [2.24, 2.45) is 0 Å². The molecule has 0 radical (unpaired) electrons. The van der Waals surface area contributed by atoms with Gasteiger partial charge in [0.05, 0.1) is 23.1 Å². The molecule has 1 heterocycles. The van der Waals surface area contributed by atoms with Crippen LogP contribution < -0.4 is 4.74 Å². The molecule has 6 rings (SSSR count). The second-order valence-corrected chi connectivity index (χ2v) is 10.1. The van der Waals surface area contributed by atoms with E-state index >= 15 is 4.39 Å². The van der Waals surface area contributed by atoms with Crippen LogP contribution in [0.2, 0.25) is 5.02 Å². The lowest BCUT2D eigenvalue weighted by Gasteiger charge is -2.34. The average molecular weight is 592 g/mol. The summed E-state index contributed by atoms with van der Waals surface area (Å²) in [6.07, 6.45) is 0. The Hall–Kier alpha value is -5.41. The van der Waals surface area contributed by atoms with Crippen LogP contribution in [0.4, 0.5) is 10.1 Å². The number of non-ortho nitro benzene ring substituents is 1. The molecule has 0 atom stereocenters. The maximum absolute atomic E-state index is 15.7. The van der Waals surface area contributed by atoms with Crippen LogP contribution >= 0.6 is 11.6 Å². The Morgan fingerprint density at radius 1 is 0.837 bits per heavy atom. The van der Waals surface area contributed by atoms with E-state index in [1.54, 1.807) is 12.1 Å². The van der Waals surface area contributed by atoms with Crippen molar-refractivity contribution in [3.63, 3.8) is 0 Å². The first-order chi connectivity index (χ1) is 20.9. The quantitative estimate of drug-likeness (QED) is 0.103. The number of nitrogens with zero attached hydrogens (tertiary/aromatic N) is 5. The largest absolute Gasteiger partial charge is 0.495 e. The number of ether oxygens (including phenoxy) is 1. The molecular formula is C33H23ClFN5O3. The Labute approximate surface area is 251 Å². The molecule has 5 aromatic carbocycles. The summed E-state index contributed by atoms with van der Waals surface area (Å²) >= 11 is 6.38. The normalized spacial score (nSPS) is 11.3. The third-order valence-electron chi connectivity index (χ3n) is 7.26. The molecule has 0 aliphatic heterocycles. The van der Waals surface area contributed by atoms with Crippen LogP contribution in [0, 0.1) is 15.9 Å². The van der Waals surface area contributed by atoms with Gasteiger partial charge in [-0.05, 0) is 39.6 Å². The van der Waals surface area contributed by atoms with Gasteiger partial charge in [-0.15, -0.1) is 15.0 Å². The fraction of sp³-hybridized carbons (Fsp3) is 0.0606. The van der Waals surface area contributed by atoms with Crippen molar-refractivity contribution < 1.29 is 14.1 Å². The maximum atomic E-state index is 15.7. The highest BCUT2D eigenvalue weighted by atomic mass is 35.5. The Kier molecular flexibility index (Phi) is 7.40. The molecule has 10 heteroatoms. The van der Waals surface area contributed by atoms with Gasteiger partial charge in [-0.2, -0.15) is 0 Å². The summed E-state index contributed by atoms with van der Waals surface area (Å²) in [5.41, 5.74) is 1.51. The minimum Gasteiger partial charge on any atom is -0.495 e. The van der Waals surface area contributed by atoms with E-state index in [2.05, 4.69) is 10.3 Å². The van der Waals surface area contributed by atoms with E-state index < -0.39 is 22.0 Å². The molecule has 1 aromatic heterocycles. The topological polar surface area (TPSA) is 96.0 Å². The number of nitro groups is 1. The van der Waals surface area contributed by atoms with Crippen LogP contribution in [-0.4, -0.2) is 32.2 Å². The fourth-order valence-corrected chi connectivity index (χ4v) is 5.60. The molecule has 0 bridgehead atoms. The van der Waals surface area contributed by atoms with Crippen molar-refractivity contribution in [3.05, 3.63) is 159 Å². The molecule has 8 nitrogen and oxygen atoms in total. The molecule has 0 saturated heterocycles. The van der Waals surface area contributed by atoms with E-state index in [1.807, 2.05) is 91.0 Å². The molecule has 6 aromatic rings. The van der Waals surface area contributed by atoms with Gasteiger partial charge in [0.25, 0.3) is 5.69 Å². The SMILES string of the molecule is COc1ccc(-c2c(F)cc([N+](=O)[O-])cc2-c2nnn(C(c3ccccc3)(c3ccccc3)c3ccccc3)n2)cc1Cl. The van der Waals surface area contributed by atoms with Crippen LogP contribution in [0.15, 0.2) is 121 Å². The summed E-state index contributed by atoms with van der Waals surface area (Å²) in [7, 11) is 1.47. The van der Waals surface area contributed by atoms with Crippen LogP contribution in [0.3, 0.4) is 0 Å². The molecule has 212 valence electrons. The Morgan fingerprint density at radius 2 is 1.40 bits per heavy atom. The smallest absolute Gasteiger partial charge is 0.273 e. The second-order valence-electron chi connectivity index (χ2n) is 9.67. The van der Waals surface area contributed by atoms with Gasteiger partial charge in [0.1, 0.15) is 11.6 Å². The average Bonchev–Trinajstić information content (AvgIpc) is 3.53. The second kappa shape index (κ2) is 11.5. The van der Waals surface area contributed by atoms with Crippen LogP contribution in [0.25, 0.3) is 22.5 Å². The fourth-order valence-electron chi connectivity index (χ4n) is 5.34. The summed E-state index contributed by atoms with van der Waals surface area (Å²) in [4.78, 5) is 12.6. The molecule has 0 N–H and O–H groups in total. The third kappa shape index (κ3) is 4.89. The first kappa shape index (κ1) is 27.7. The van der Waals surface area contributed by atoms with Gasteiger partial charge in [-0.25, -0.2) is 4.39 Å². The van der Waals surface area contributed by atoms with Gasteiger partial charge >= 0.3 is 0 Å². The third-order valence-corrected chi connectivity index (χ3v) is 7.55. The number of nitro benzene ring substituents is 1. The molecule has 0 amide bonds. The molecular weight excluding hydrogens is 569 g/mol. The standard InChI is InChI=1S/C33H23ClFN5O3/c1-43-30-18-17-22(19-28(30)34)31-27(20-26(39(41)42)21-29(31)35)32-36-38-40(37-32)33(23-11-5-2-6-12-23,24-13-7-3-8-14-24)25-15-9-4-10-16-25/h2-21H,1H3. The Morgan fingerprint density at radius 3 is 1.88 bits per heavy atom. The molecule has 0 fully saturated rings. The van der Waals surface area contributed by atoms with Crippen LogP contribution in [-0.2, 0) is 5.54 Å². The van der Waals surface area contributed by atoms with E-state index in [4.69, 9.17) is 21.4 Å². The molecule has 0 spiro atoms. The van der Waals surface area contributed by atoms with Crippen molar-refractivity contribution in [2.45, 2.75) is 5.54 Å². The number of aromatic nitrogens is 4. The van der Waals surface area contributed by atoms with Crippen LogP contribution in [0.5, 0.6) is 5.75 Å². The number of benzene rings is 5. The highest BCUT2D eigenvalue weighted by Crippen LogP contribution is 2.42. The minimum absolute atomic E-state index is 0.00305. The summed E-state index contributed by atoms with van der Waals surface area (Å²) < 4.78 is 21.0. The van der Waals surface area contributed by atoms with Gasteiger partial charge in [-0.1, -0.05) is 109 Å². The van der Waals surface area contributed by atoms with E-state index in [0.29, 0.717) is 11.3 Å². The lowest BCUT2D eigenvalue weighted by molar-refractivity contribution is -0.385. The Balaban J connectivity index is 1.64. The zero-order valence-electron chi connectivity index (χ0n) is 22.8. The minimum atomic E-state index is -1.09. The number of tetrazole rings is 1. The number of hydrogen-bond donors (Lipinski definition) is 0. The van der Waals surface area contributed by atoms with Crippen molar-refractivity contribution >= 4 is 17.3 Å². The zero-order chi connectivity index (χ0) is 30.0. The predicted molar refractivity (Wildman–Crippen MR) is 161 cm³/mol. The van der Waals surface area contributed by atoms with Gasteiger partial charge in [0, 0.05) is 17.2 Å². The summed E-state index contributed by atoms with van der Waals surface area (Å²) in [5.74, 6) is -0.435. The monoisotopic (exact) mass is 591 g/mol. The molecule has 0 saturated carbocycles. The summed E-state index contributed by atoms with van der Waals surface area (Å²) in [5, 5.41) is 25.7. The highest BCUT2D eigenvalue weighted by Gasteiger charge is 2.41. The first-order valence-electron chi connectivity index (χ1n) is 13.2. The van der Waals surface area contributed by atoms with Gasteiger partial charge < -0.3 is 4.74 Å². The van der Waals surface area contributed by atoms with E-state index in [9.17, 15) is 10.1 Å². The van der Waals surface area contributed by atoms with Crippen molar-refractivity contribution in [1.82, 2.24) is 20.2 Å². The van der Waals surface area contributed by atoms with Crippen molar-refractivity contribution in [3.8, 4) is 28.3 Å². The molecule has 0 unspecified atom stereocenters. The van der Waals surface area contributed by atoms with Gasteiger partial charge in [0.15, 0.2) is 5.54 Å². The van der Waals surface area contributed by atoms with E-state index in [-0.39, 0.29) is 22.0 Å². The lowest BCUT2D eigenvalue weighted by atomic mass is 9.77. The molecule has 43 heavy (non-hydrogen) atoms. The van der Waals surface area contributed by atoms with E-state index in [1.165, 1.54) is 24.0 Å². The van der Waals surface area contributed by atoms with Crippen molar-refractivity contribution in [2.75, 3.05) is 7.11 Å². The molecule has 0 aliphatic carbocycles.